The second kappa shape index (κ2) is 31.8. The van der Waals surface area contributed by atoms with Gasteiger partial charge in [-0.1, -0.05) is 51.1 Å². The molecule has 2 aliphatic heterocycles. The number of nitrogens with one attached hydrogen (secondary N) is 6. The summed E-state index contributed by atoms with van der Waals surface area (Å²) in [6, 6.07) is 15.6. The second-order valence-electron chi connectivity index (χ2n) is 22.4. The summed E-state index contributed by atoms with van der Waals surface area (Å²) in [5.74, 6) is -2.15. The van der Waals surface area contributed by atoms with Crippen LogP contribution in [0.15, 0.2) is 72.4 Å². The van der Waals surface area contributed by atoms with Gasteiger partial charge >= 0.3 is 0 Å². The highest BCUT2D eigenvalue weighted by Gasteiger charge is 2.44. The van der Waals surface area contributed by atoms with E-state index in [9.17, 15) is 38.3 Å². The number of amides is 6. The lowest BCUT2D eigenvalue weighted by Crippen LogP contribution is -2.57. The summed E-state index contributed by atoms with van der Waals surface area (Å²) >= 11 is 1.56. The number of H-pyrrole nitrogens is 1. The number of rotatable bonds is 32. The number of benzene rings is 3. The number of hydrogen-bond donors (Lipinski definition) is 7. The van der Waals surface area contributed by atoms with Crippen LogP contribution >= 0.6 is 11.3 Å². The average molecular weight is 1250 g/mol. The zero-order chi connectivity index (χ0) is 63.6. The topological polar surface area (TPSA) is 302 Å². The molecule has 27 heteroatoms. The first-order valence-corrected chi connectivity index (χ1v) is 30.3. The number of methoxy groups -OCH3 is 1. The Morgan fingerprint density at radius 2 is 1.54 bits per heavy atom. The largest absolute Gasteiger partial charge is 0.495 e. The number of fused-ring (bicyclic) bond motifs is 2. The van der Waals surface area contributed by atoms with Gasteiger partial charge in [0.15, 0.2) is 0 Å². The van der Waals surface area contributed by atoms with Gasteiger partial charge in [-0.05, 0) is 65.8 Å². The summed E-state index contributed by atoms with van der Waals surface area (Å²) in [7, 11) is 4.51. The lowest BCUT2D eigenvalue weighted by Gasteiger charge is -2.35. The molecule has 0 unspecified atom stereocenters. The van der Waals surface area contributed by atoms with Crippen molar-refractivity contribution in [2.24, 2.45) is 5.41 Å². The van der Waals surface area contributed by atoms with Gasteiger partial charge in [0, 0.05) is 58.5 Å². The number of likely N-dealkylation sites (N-methyl/N-ethyl adjacent to an activating group) is 1. The maximum absolute atomic E-state index is 14.8. The third-order valence-corrected chi connectivity index (χ3v) is 15.9. The first-order chi connectivity index (χ1) is 42.8. The predicted octanol–water partition coefficient (Wildman–Crippen LogP) is 5.40. The fraction of sp³-hybridized carbons (Fsp3) is 0.468. The summed E-state index contributed by atoms with van der Waals surface area (Å²) < 4.78 is 48.5. The number of anilines is 5. The summed E-state index contributed by atoms with van der Waals surface area (Å²) in [5, 5.41) is 25.7. The summed E-state index contributed by atoms with van der Waals surface area (Å²) in [6.45, 7) is 10.5. The molecule has 1 fully saturated rings. The van der Waals surface area contributed by atoms with E-state index in [4.69, 9.17) is 28.4 Å². The minimum atomic E-state index is -0.956. The Morgan fingerprint density at radius 3 is 2.18 bits per heavy atom. The van der Waals surface area contributed by atoms with E-state index in [0.717, 1.165) is 27.3 Å². The van der Waals surface area contributed by atoms with Crippen molar-refractivity contribution in [2.45, 2.75) is 78.1 Å². The van der Waals surface area contributed by atoms with E-state index in [1.165, 1.54) is 36.1 Å². The Hall–Kier alpha value is -8.18. The molecule has 7 N–H and O–H groups in total. The van der Waals surface area contributed by atoms with Crippen molar-refractivity contribution in [2.75, 3.05) is 122 Å². The molecule has 5 heterocycles. The summed E-state index contributed by atoms with van der Waals surface area (Å²) in [4.78, 5) is 102. The zero-order valence-electron chi connectivity index (χ0n) is 51.2. The molecule has 3 aromatic heterocycles. The van der Waals surface area contributed by atoms with E-state index >= 15 is 0 Å². The van der Waals surface area contributed by atoms with E-state index in [-0.39, 0.29) is 119 Å². The minimum Gasteiger partial charge on any atom is -0.495 e. The Balaban J connectivity index is 0.655. The van der Waals surface area contributed by atoms with Gasteiger partial charge in [0.05, 0.1) is 131 Å². The van der Waals surface area contributed by atoms with Crippen LogP contribution in [0.4, 0.5) is 33.2 Å². The van der Waals surface area contributed by atoms with E-state index in [0.29, 0.717) is 73.4 Å². The Kier molecular flexibility index (Phi) is 23.9. The number of thiazole rings is 1. The van der Waals surface area contributed by atoms with Gasteiger partial charge in [0.1, 0.15) is 35.1 Å². The van der Waals surface area contributed by atoms with Gasteiger partial charge in [0.2, 0.25) is 35.5 Å². The number of carbonyl (C=O) groups excluding carboxylic acids is 6. The van der Waals surface area contributed by atoms with Gasteiger partial charge in [0.25, 0.3) is 5.91 Å². The van der Waals surface area contributed by atoms with E-state index < -0.39 is 41.2 Å². The molecular weight excluding hydrogens is 1170 g/mol. The van der Waals surface area contributed by atoms with E-state index in [1.807, 2.05) is 58.0 Å². The number of halogens is 1. The van der Waals surface area contributed by atoms with Crippen LogP contribution in [0, 0.1) is 18.2 Å². The number of aliphatic hydroxyl groups is 1. The fourth-order valence-electron chi connectivity index (χ4n) is 10.2. The number of aromatic nitrogens is 4. The maximum Gasteiger partial charge on any atom is 0.256 e. The molecule has 1 saturated heterocycles. The Morgan fingerprint density at radius 1 is 0.865 bits per heavy atom. The number of nitrogens with zero attached hydrogens (tertiary/aromatic N) is 6. The normalized spacial score (nSPS) is 15.0. The van der Waals surface area contributed by atoms with Gasteiger partial charge in [-0.15, -0.1) is 11.3 Å². The Labute approximate surface area is 519 Å². The van der Waals surface area contributed by atoms with Crippen LogP contribution in [0.3, 0.4) is 0 Å². The molecule has 6 amide bonds. The molecule has 2 aliphatic rings. The average Bonchev–Trinajstić information content (AvgIpc) is 2.44. The monoisotopic (exact) mass is 1250 g/mol. The van der Waals surface area contributed by atoms with Crippen LogP contribution in [0.25, 0.3) is 21.5 Å². The zero-order valence-corrected chi connectivity index (χ0v) is 52.0. The maximum atomic E-state index is 14.8. The van der Waals surface area contributed by atoms with Crippen molar-refractivity contribution in [3.8, 4) is 16.2 Å². The standard InChI is InChI=1S/C62H79FN12O13S/c1-38-54(89-37-67-38)40-13-11-39(12-14-40)34-66-58(80)48-32-42(76)35-75(48)60(82)55(62(2,3)4)70-50(77)17-21-84-23-25-86-27-29-88-30-28-87-26-24-85-22-18-51(78)73(6)36-52(79)74-20-16-41-31-49(83-7)46(33-47(41)74)69-61-71-56-43(15-19-65-56)57(72-61)68-45-10-8-9-44(63)53(45)59(81)64-5/h8-15,19,31,33,37,42,48,55,76H,16-18,20-30,32,34-36H2,1-7H3,(H,64,81)(H,66,80)(H,70,77)(H3,65,68,69,71,72)/t42-,48+,55-/m1/s1. The number of aromatic amines is 1. The van der Waals surface area contributed by atoms with Crippen LogP contribution in [0.2, 0.25) is 0 Å². The van der Waals surface area contributed by atoms with Gasteiger partial charge in [-0.2, -0.15) is 9.97 Å². The molecule has 0 bridgehead atoms. The Bertz CT molecular complexity index is 3410. The summed E-state index contributed by atoms with van der Waals surface area (Å²) in [6.07, 6.45) is 1.51. The molecule has 478 valence electrons. The smallest absolute Gasteiger partial charge is 0.256 e. The number of carbonyl (C=O) groups is 6. The number of hydrogen-bond acceptors (Lipinski definition) is 19. The predicted molar refractivity (Wildman–Crippen MR) is 332 cm³/mol. The number of likely N-dealkylation sites (tertiary alicyclic amines) is 1. The van der Waals surface area contributed by atoms with Crippen molar-refractivity contribution in [1.82, 2.24) is 45.7 Å². The molecule has 0 spiro atoms. The molecule has 6 aromatic rings. The van der Waals surface area contributed by atoms with E-state index in [1.54, 1.807) is 53.2 Å². The van der Waals surface area contributed by atoms with Crippen LogP contribution in [-0.4, -0.2) is 195 Å². The molecule has 8 rings (SSSR count). The fourth-order valence-corrected chi connectivity index (χ4v) is 11.0. The lowest BCUT2D eigenvalue weighted by atomic mass is 9.85. The van der Waals surface area contributed by atoms with Gasteiger partial charge < -0.3 is 79.8 Å². The van der Waals surface area contributed by atoms with Crippen LogP contribution < -0.4 is 36.2 Å². The SMILES string of the molecule is CNC(=O)c1c(F)cccc1Nc1nc(Nc2cc3c(cc2OC)CCN3C(=O)CN(C)C(=O)CCOCCOCCOCCOCCOCCC(=O)N[C@H](C(=O)N2C[C@H](O)C[C@H]2C(=O)NCc2ccc(-c3scnc3C)cc2)C(C)(C)C)nc2[nH]ccc12. The quantitative estimate of drug-likeness (QED) is 0.0260. The van der Waals surface area contributed by atoms with Crippen LogP contribution in [0.5, 0.6) is 5.75 Å². The van der Waals surface area contributed by atoms with Crippen molar-refractivity contribution in [1.29, 1.82) is 0 Å². The van der Waals surface area contributed by atoms with Gasteiger partial charge in [-0.25, -0.2) is 9.37 Å². The molecule has 25 nitrogen and oxygen atoms in total. The molecule has 89 heavy (non-hydrogen) atoms. The highest BCUT2D eigenvalue weighted by atomic mass is 32.1. The third kappa shape index (κ3) is 18.0. The number of aliphatic hydroxyl groups excluding tert-OH is 1. The van der Waals surface area contributed by atoms with Gasteiger partial charge in [-0.3, -0.25) is 28.8 Å². The van der Waals surface area contributed by atoms with E-state index in [2.05, 4.69) is 46.5 Å². The second-order valence-corrected chi connectivity index (χ2v) is 23.2. The number of β-amino-alcohol motifs (C(OH)–C–C–N with tert-alkyl or cyclic N) is 1. The first kappa shape index (κ1) is 66.8. The third-order valence-electron chi connectivity index (χ3n) is 14.9. The van der Waals surface area contributed by atoms with Crippen LogP contribution in [-0.2, 0) is 60.6 Å². The molecular formula is C62H79FN12O13S. The highest BCUT2D eigenvalue weighted by molar-refractivity contribution is 7.13. The highest BCUT2D eigenvalue weighted by Crippen LogP contribution is 2.39. The molecule has 0 saturated carbocycles. The molecule has 0 radical (unpaired) electrons. The number of aryl methyl sites for hydroxylation is 1. The van der Waals surface area contributed by atoms with Crippen LogP contribution in [0.1, 0.15) is 67.2 Å². The molecule has 3 aromatic carbocycles. The molecule has 0 aliphatic carbocycles. The minimum absolute atomic E-state index is 0.00294. The van der Waals surface area contributed by atoms with Crippen molar-refractivity contribution < 1.29 is 66.7 Å². The molecule has 3 atom stereocenters. The first-order valence-electron chi connectivity index (χ1n) is 29.4. The van der Waals surface area contributed by atoms with Crippen molar-refractivity contribution in [3.63, 3.8) is 0 Å². The van der Waals surface area contributed by atoms with Crippen molar-refractivity contribution >= 4 is 86.6 Å². The summed E-state index contributed by atoms with van der Waals surface area (Å²) in [5.41, 5.74) is 6.44. The van der Waals surface area contributed by atoms with Crippen molar-refractivity contribution in [3.05, 3.63) is 101 Å². The number of ether oxygens (including phenoxy) is 6. The lowest BCUT2D eigenvalue weighted by molar-refractivity contribution is -0.144.